The third-order valence-electron chi connectivity index (χ3n) is 5.54. The van der Waals surface area contributed by atoms with Crippen LogP contribution in [0.25, 0.3) is 5.78 Å². The Bertz CT molecular complexity index is 938. The number of amides is 1. The largest absolute Gasteiger partial charge is 0.337 e. The van der Waals surface area contributed by atoms with Crippen LogP contribution in [0.4, 0.5) is 0 Å². The summed E-state index contributed by atoms with van der Waals surface area (Å²) in [6.07, 6.45) is 10.2. The zero-order valence-corrected chi connectivity index (χ0v) is 15.4. The molecule has 1 amide bonds. The van der Waals surface area contributed by atoms with Gasteiger partial charge in [-0.05, 0) is 56.2 Å². The fourth-order valence-electron chi connectivity index (χ4n) is 4.22. The van der Waals surface area contributed by atoms with Gasteiger partial charge in [-0.25, -0.2) is 9.50 Å². The molecule has 0 spiro atoms. The fraction of sp³-hybridized carbons (Fsp3) is 0.474. The predicted molar refractivity (Wildman–Crippen MR) is 99.6 cm³/mol. The fourth-order valence-corrected chi connectivity index (χ4v) is 5.44. The molecule has 134 valence electrons. The number of thiophene rings is 1. The van der Waals surface area contributed by atoms with Gasteiger partial charge < -0.3 is 4.90 Å². The molecule has 0 radical (unpaired) electrons. The minimum atomic E-state index is 0.193. The Hall–Kier alpha value is -2.28. The Morgan fingerprint density at radius 3 is 3.04 bits per heavy atom. The van der Waals surface area contributed by atoms with E-state index in [1.54, 1.807) is 17.5 Å². The van der Waals surface area contributed by atoms with Crippen LogP contribution >= 0.6 is 11.3 Å². The third-order valence-corrected chi connectivity index (χ3v) is 6.77. The Morgan fingerprint density at radius 2 is 2.12 bits per heavy atom. The molecular weight excluding hydrogens is 346 g/mol. The molecule has 6 nitrogen and oxygen atoms in total. The lowest BCUT2D eigenvalue weighted by atomic mass is 9.94. The minimum absolute atomic E-state index is 0.193. The van der Waals surface area contributed by atoms with Crippen molar-refractivity contribution in [2.24, 2.45) is 0 Å². The molecule has 0 aromatic carbocycles. The monoisotopic (exact) mass is 367 g/mol. The molecule has 0 bridgehead atoms. The van der Waals surface area contributed by atoms with Crippen molar-refractivity contribution in [2.75, 3.05) is 13.1 Å². The van der Waals surface area contributed by atoms with Gasteiger partial charge in [0.15, 0.2) is 0 Å². The molecule has 26 heavy (non-hydrogen) atoms. The van der Waals surface area contributed by atoms with Gasteiger partial charge in [0, 0.05) is 30.1 Å². The van der Waals surface area contributed by atoms with E-state index in [9.17, 15) is 4.79 Å². The SMILES string of the molecule is O=C(c1cc2c(s1)CCCC2)N1CCC[C@H](c2ccnc3ncnn23)C1. The van der Waals surface area contributed by atoms with Crippen molar-refractivity contribution in [3.63, 3.8) is 0 Å². The molecule has 2 aliphatic rings. The first kappa shape index (κ1) is 15.9. The molecule has 5 rings (SSSR count). The smallest absolute Gasteiger partial charge is 0.263 e. The first-order valence-electron chi connectivity index (χ1n) is 9.35. The van der Waals surface area contributed by atoms with Crippen LogP contribution in [0, 0.1) is 0 Å². The maximum atomic E-state index is 13.1. The maximum absolute atomic E-state index is 13.1. The highest BCUT2D eigenvalue weighted by Crippen LogP contribution is 2.32. The number of rotatable bonds is 2. The van der Waals surface area contributed by atoms with Crippen LogP contribution in [0.2, 0.25) is 0 Å². The lowest BCUT2D eigenvalue weighted by Gasteiger charge is -2.32. The van der Waals surface area contributed by atoms with E-state index in [0.29, 0.717) is 5.78 Å². The summed E-state index contributed by atoms with van der Waals surface area (Å²) in [6.45, 7) is 1.57. The number of piperidine rings is 1. The van der Waals surface area contributed by atoms with Gasteiger partial charge in [-0.1, -0.05) is 0 Å². The second-order valence-electron chi connectivity index (χ2n) is 7.20. The summed E-state index contributed by atoms with van der Waals surface area (Å²) in [4.78, 5) is 25.9. The van der Waals surface area contributed by atoms with E-state index in [1.807, 2.05) is 15.5 Å². The maximum Gasteiger partial charge on any atom is 0.263 e. The summed E-state index contributed by atoms with van der Waals surface area (Å²) < 4.78 is 1.81. The summed E-state index contributed by atoms with van der Waals surface area (Å²) in [5.74, 6) is 1.09. The lowest BCUT2D eigenvalue weighted by Crippen LogP contribution is -2.39. The number of likely N-dealkylation sites (tertiary alicyclic amines) is 1. The molecule has 1 saturated heterocycles. The number of fused-ring (bicyclic) bond motifs is 2. The van der Waals surface area contributed by atoms with Gasteiger partial charge in [0.2, 0.25) is 0 Å². The van der Waals surface area contributed by atoms with Crippen molar-refractivity contribution in [3.05, 3.63) is 45.7 Å². The number of nitrogens with zero attached hydrogens (tertiary/aromatic N) is 5. The van der Waals surface area contributed by atoms with E-state index in [-0.39, 0.29) is 11.8 Å². The molecular formula is C19H21N5OS. The Labute approximate surface area is 155 Å². The molecule has 7 heteroatoms. The van der Waals surface area contributed by atoms with E-state index in [2.05, 4.69) is 21.1 Å². The van der Waals surface area contributed by atoms with Gasteiger partial charge >= 0.3 is 0 Å². The van der Waals surface area contributed by atoms with Crippen molar-refractivity contribution in [2.45, 2.75) is 44.4 Å². The number of carbonyl (C=O) groups excluding carboxylic acids is 1. The van der Waals surface area contributed by atoms with Crippen LogP contribution in [0.5, 0.6) is 0 Å². The van der Waals surface area contributed by atoms with Crippen LogP contribution in [0.15, 0.2) is 24.7 Å². The Morgan fingerprint density at radius 1 is 1.19 bits per heavy atom. The van der Waals surface area contributed by atoms with Crippen LogP contribution in [0.3, 0.4) is 0 Å². The van der Waals surface area contributed by atoms with Gasteiger partial charge in [0.05, 0.1) is 10.6 Å². The molecule has 1 fully saturated rings. The first-order chi connectivity index (χ1) is 12.8. The molecule has 1 atom stereocenters. The number of carbonyl (C=O) groups is 1. The summed E-state index contributed by atoms with van der Waals surface area (Å²) in [5.41, 5.74) is 2.49. The third kappa shape index (κ3) is 2.70. The highest BCUT2D eigenvalue weighted by Gasteiger charge is 2.29. The molecule has 3 aromatic rings. The van der Waals surface area contributed by atoms with E-state index in [1.165, 1.54) is 29.6 Å². The first-order valence-corrected chi connectivity index (χ1v) is 10.2. The van der Waals surface area contributed by atoms with Gasteiger partial charge in [-0.15, -0.1) is 11.3 Å². The predicted octanol–water partition coefficient (Wildman–Crippen LogP) is 3.08. The highest BCUT2D eigenvalue weighted by molar-refractivity contribution is 7.14. The van der Waals surface area contributed by atoms with E-state index >= 15 is 0 Å². The van der Waals surface area contributed by atoms with Crippen molar-refractivity contribution < 1.29 is 4.79 Å². The van der Waals surface area contributed by atoms with Crippen molar-refractivity contribution in [1.29, 1.82) is 0 Å². The summed E-state index contributed by atoms with van der Waals surface area (Å²) >= 11 is 1.71. The van der Waals surface area contributed by atoms with Crippen molar-refractivity contribution >= 4 is 23.0 Å². The Balaban J connectivity index is 1.39. The lowest BCUT2D eigenvalue weighted by molar-refractivity contribution is 0.0710. The van der Waals surface area contributed by atoms with Crippen molar-refractivity contribution in [1.82, 2.24) is 24.5 Å². The average molecular weight is 367 g/mol. The molecule has 0 unspecified atom stereocenters. The van der Waals surface area contributed by atoms with E-state index in [4.69, 9.17) is 0 Å². The summed E-state index contributed by atoms with van der Waals surface area (Å²) in [7, 11) is 0. The summed E-state index contributed by atoms with van der Waals surface area (Å²) in [5, 5.41) is 4.31. The highest BCUT2D eigenvalue weighted by atomic mass is 32.1. The standard InChI is InChI=1S/C19H21N5OS/c25-18(17-10-13-4-1-2-6-16(13)26-17)23-9-3-5-14(11-23)15-7-8-20-19-21-12-22-24(15)19/h7-8,10,12,14H,1-6,9,11H2/t14-/m0/s1. The molecule has 0 saturated carbocycles. The van der Waals surface area contributed by atoms with Crippen LogP contribution in [-0.2, 0) is 12.8 Å². The molecule has 3 aromatic heterocycles. The number of hydrogen-bond donors (Lipinski definition) is 0. The number of hydrogen-bond acceptors (Lipinski definition) is 5. The van der Waals surface area contributed by atoms with Gasteiger partial charge in [0.25, 0.3) is 11.7 Å². The molecule has 4 heterocycles. The molecule has 1 aliphatic carbocycles. The normalized spacial score (nSPS) is 20.3. The average Bonchev–Trinajstić information content (AvgIpc) is 3.33. The zero-order valence-electron chi connectivity index (χ0n) is 14.6. The quantitative estimate of drug-likeness (QED) is 0.698. The van der Waals surface area contributed by atoms with Crippen LogP contribution in [-0.4, -0.2) is 43.5 Å². The zero-order chi connectivity index (χ0) is 17.5. The number of aromatic nitrogens is 4. The van der Waals surface area contributed by atoms with E-state index < -0.39 is 0 Å². The summed E-state index contributed by atoms with van der Waals surface area (Å²) in [6, 6.07) is 4.15. The minimum Gasteiger partial charge on any atom is -0.337 e. The Kier molecular flexibility index (Phi) is 3.96. The number of aryl methyl sites for hydroxylation is 2. The van der Waals surface area contributed by atoms with Crippen LogP contribution < -0.4 is 0 Å². The molecule has 0 N–H and O–H groups in total. The van der Waals surface area contributed by atoms with Crippen molar-refractivity contribution in [3.8, 4) is 0 Å². The second kappa shape index (κ2) is 6.46. The van der Waals surface area contributed by atoms with E-state index in [0.717, 1.165) is 49.3 Å². The second-order valence-corrected chi connectivity index (χ2v) is 8.33. The van der Waals surface area contributed by atoms with Gasteiger partial charge in [-0.2, -0.15) is 10.1 Å². The molecule has 1 aliphatic heterocycles. The van der Waals surface area contributed by atoms with Crippen LogP contribution in [0.1, 0.15) is 57.4 Å². The van der Waals surface area contributed by atoms with Gasteiger partial charge in [-0.3, -0.25) is 4.79 Å². The van der Waals surface area contributed by atoms with Gasteiger partial charge in [0.1, 0.15) is 6.33 Å². The topological polar surface area (TPSA) is 63.4 Å².